The van der Waals surface area contributed by atoms with Crippen LogP contribution >= 0.6 is 15.9 Å². The second-order valence-electron chi connectivity index (χ2n) is 7.28. The third kappa shape index (κ3) is 3.70. The summed E-state index contributed by atoms with van der Waals surface area (Å²) in [6.45, 7) is 2.46. The van der Waals surface area contributed by atoms with Gasteiger partial charge in [0.2, 0.25) is 5.95 Å². The number of anilines is 2. The number of aromatic nitrogens is 2. The van der Waals surface area contributed by atoms with Crippen molar-refractivity contribution in [2.45, 2.75) is 19.5 Å². The number of nitrogens with one attached hydrogen (secondary N) is 1. The quantitative estimate of drug-likeness (QED) is 0.446. The van der Waals surface area contributed by atoms with Crippen LogP contribution in [0, 0.1) is 0 Å². The summed E-state index contributed by atoms with van der Waals surface area (Å²) in [5, 5.41) is 4.57. The third-order valence-corrected chi connectivity index (χ3v) is 6.14. The van der Waals surface area contributed by atoms with Crippen LogP contribution in [0.25, 0.3) is 10.9 Å². The molecule has 1 aliphatic rings. The van der Waals surface area contributed by atoms with Crippen LogP contribution in [-0.4, -0.2) is 16.5 Å². The van der Waals surface area contributed by atoms with E-state index in [9.17, 15) is 0 Å². The van der Waals surface area contributed by atoms with E-state index < -0.39 is 0 Å². The Labute approximate surface area is 178 Å². The fourth-order valence-electron chi connectivity index (χ4n) is 3.83. The fourth-order valence-corrected chi connectivity index (χ4v) is 4.37. The lowest BCUT2D eigenvalue weighted by atomic mass is 10.0. The lowest BCUT2D eigenvalue weighted by molar-refractivity contribution is 0.707. The van der Waals surface area contributed by atoms with Crippen molar-refractivity contribution in [2.24, 2.45) is 0 Å². The zero-order valence-corrected chi connectivity index (χ0v) is 17.6. The maximum atomic E-state index is 4.93. The first kappa shape index (κ1) is 18.1. The molecule has 1 N–H and O–H groups in total. The topological polar surface area (TPSA) is 41.1 Å². The number of benzene rings is 3. The van der Waals surface area contributed by atoms with Crippen molar-refractivity contribution < 1.29 is 0 Å². The van der Waals surface area contributed by atoms with Gasteiger partial charge in [-0.25, -0.2) is 4.98 Å². The molecular formula is C24H21BrN4. The highest BCUT2D eigenvalue weighted by molar-refractivity contribution is 9.10. The van der Waals surface area contributed by atoms with E-state index in [0.717, 1.165) is 53.2 Å². The number of para-hydroxylation sites is 1. The Balaban J connectivity index is 1.49. The monoisotopic (exact) mass is 444 g/mol. The van der Waals surface area contributed by atoms with Crippen molar-refractivity contribution in [3.8, 4) is 0 Å². The molecule has 5 heteroatoms. The van der Waals surface area contributed by atoms with E-state index in [1.807, 2.05) is 18.2 Å². The lowest BCUT2D eigenvalue weighted by Gasteiger charge is -2.30. The van der Waals surface area contributed by atoms with E-state index in [2.05, 4.69) is 80.7 Å². The van der Waals surface area contributed by atoms with Gasteiger partial charge in [-0.2, -0.15) is 4.98 Å². The Kier molecular flexibility index (Phi) is 4.90. The molecule has 29 heavy (non-hydrogen) atoms. The Hall–Kier alpha value is -2.92. The summed E-state index contributed by atoms with van der Waals surface area (Å²) in [7, 11) is 0. The van der Waals surface area contributed by atoms with Gasteiger partial charge in [0.05, 0.1) is 5.52 Å². The zero-order chi connectivity index (χ0) is 19.6. The lowest BCUT2D eigenvalue weighted by Crippen LogP contribution is -2.32. The zero-order valence-electron chi connectivity index (χ0n) is 16.0. The van der Waals surface area contributed by atoms with Crippen molar-refractivity contribution >= 4 is 38.6 Å². The van der Waals surface area contributed by atoms with Crippen LogP contribution in [0.15, 0.2) is 77.3 Å². The molecule has 1 aromatic heterocycles. The average molecular weight is 445 g/mol. The van der Waals surface area contributed by atoms with Crippen LogP contribution in [0.3, 0.4) is 0 Å². The molecule has 1 aliphatic heterocycles. The van der Waals surface area contributed by atoms with E-state index in [1.54, 1.807) is 0 Å². The molecule has 0 bridgehead atoms. The van der Waals surface area contributed by atoms with Gasteiger partial charge in [-0.15, -0.1) is 0 Å². The standard InChI is InChI=1S/C24H21BrN4/c25-21-11-6-9-18-13-14-29(16-20(18)21)24-27-22-12-5-4-10-19(22)23(28-24)26-15-17-7-2-1-3-8-17/h1-12H,13-16H2,(H,26,27,28). The summed E-state index contributed by atoms with van der Waals surface area (Å²) < 4.78 is 1.16. The minimum absolute atomic E-state index is 0.732. The predicted octanol–water partition coefficient (Wildman–Crippen LogP) is 5.57. The molecule has 4 aromatic rings. The molecular weight excluding hydrogens is 424 g/mol. The minimum Gasteiger partial charge on any atom is -0.365 e. The third-order valence-electron chi connectivity index (χ3n) is 5.39. The van der Waals surface area contributed by atoms with Crippen molar-refractivity contribution in [1.82, 2.24) is 9.97 Å². The Morgan fingerprint density at radius 2 is 1.72 bits per heavy atom. The van der Waals surface area contributed by atoms with Crippen LogP contribution in [0.4, 0.5) is 11.8 Å². The van der Waals surface area contributed by atoms with Gasteiger partial charge in [0.25, 0.3) is 0 Å². The Bertz CT molecular complexity index is 1160. The van der Waals surface area contributed by atoms with Crippen LogP contribution in [0.1, 0.15) is 16.7 Å². The van der Waals surface area contributed by atoms with Crippen molar-refractivity contribution in [1.29, 1.82) is 0 Å². The molecule has 2 heterocycles. The Morgan fingerprint density at radius 3 is 2.62 bits per heavy atom. The van der Waals surface area contributed by atoms with Crippen LogP contribution in [-0.2, 0) is 19.5 Å². The summed E-state index contributed by atoms with van der Waals surface area (Å²) in [5.41, 5.74) is 4.92. The smallest absolute Gasteiger partial charge is 0.228 e. The minimum atomic E-state index is 0.732. The second-order valence-corrected chi connectivity index (χ2v) is 8.13. The molecule has 5 rings (SSSR count). The van der Waals surface area contributed by atoms with Gasteiger partial charge in [-0.3, -0.25) is 0 Å². The highest BCUT2D eigenvalue weighted by Gasteiger charge is 2.21. The molecule has 0 saturated heterocycles. The molecule has 4 nitrogen and oxygen atoms in total. The van der Waals surface area contributed by atoms with Crippen molar-refractivity contribution in [3.05, 3.63) is 94.0 Å². The van der Waals surface area contributed by atoms with Gasteiger partial charge in [0, 0.05) is 29.5 Å². The van der Waals surface area contributed by atoms with Crippen LogP contribution < -0.4 is 10.2 Å². The van der Waals surface area contributed by atoms with Gasteiger partial charge in [0.15, 0.2) is 0 Å². The van der Waals surface area contributed by atoms with E-state index >= 15 is 0 Å². The first-order chi connectivity index (χ1) is 14.3. The normalized spacial score (nSPS) is 13.3. The largest absolute Gasteiger partial charge is 0.365 e. The second kappa shape index (κ2) is 7.84. The molecule has 3 aromatic carbocycles. The number of halogens is 1. The molecule has 0 unspecified atom stereocenters. The van der Waals surface area contributed by atoms with E-state index in [1.165, 1.54) is 16.7 Å². The number of fused-ring (bicyclic) bond motifs is 2. The highest BCUT2D eigenvalue weighted by Crippen LogP contribution is 2.30. The van der Waals surface area contributed by atoms with Crippen LogP contribution in [0.5, 0.6) is 0 Å². The molecule has 0 spiro atoms. The van der Waals surface area contributed by atoms with Crippen molar-refractivity contribution in [2.75, 3.05) is 16.8 Å². The van der Waals surface area contributed by atoms with Gasteiger partial charge >= 0.3 is 0 Å². The molecule has 0 amide bonds. The first-order valence-corrected chi connectivity index (χ1v) is 10.6. The molecule has 0 aliphatic carbocycles. The van der Waals surface area contributed by atoms with Gasteiger partial charge in [-0.05, 0) is 41.3 Å². The fraction of sp³-hybridized carbons (Fsp3) is 0.167. The maximum absolute atomic E-state index is 4.93. The number of rotatable bonds is 4. The average Bonchev–Trinajstić information content (AvgIpc) is 2.78. The van der Waals surface area contributed by atoms with Gasteiger partial charge in [-0.1, -0.05) is 70.5 Å². The summed E-state index contributed by atoms with van der Waals surface area (Å²) in [6.07, 6.45) is 0.998. The van der Waals surface area contributed by atoms with Crippen molar-refractivity contribution in [3.63, 3.8) is 0 Å². The molecule has 0 radical (unpaired) electrons. The van der Waals surface area contributed by atoms with E-state index in [-0.39, 0.29) is 0 Å². The predicted molar refractivity (Wildman–Crippen MR) is 122 cm³/mol. The highest BCUT2D eigenvalue weighted by atomic mass is 79.9. The maximum Gasteiger partial charge on any atom is 0.228 e. The summed E-state index contributed by atoms with van der Waals surface area (Å²) in [5.74, 6) is 1.66. The number of hydrogen-bond donors (Lipinski definition) is 1. The Morgan fingerprint density at radius 1 is 0.897 bits per heavy atom. The number of hydrogen-bond acceptors (Lipinski definition) is 4. The summed E-state index contributed by atoms with van der Waals surface area (Å²) in [4.78, 5) is 12.1. The van der Waals surface area contributed by atoms with Gasteiger partial charge in [0.1, 0.15) is 5.82 Å². The molecule has 144 valence electrons. The first-order valence-electron chi connectivity index (χ1n) is 9.84. The van der Waals surface area contributed by atoms with E-state index in [0.29, 0.717) is 0 Å². The SMILES string of the molecule is Brc1cccc2c1CN(c1nc(NCc3ccccc3)c3ccccc3n1)CC2. The van der Waals surface area contributed by atoms with Crippen LogP contribution in [0.2, 0.25) is 0 Å². The summed E-state index contributed by atoms with van der Waals surface area (Å²) >= 11 is 3.71. The number of nitrogens with zero attached hydrogens (tertiary/aromatic N) is 3. The molecule has 0 saturated carbocycles. The molecule has 0 atom stereocenters. The van der Waals surface area contributed by atoms with E-state index in [4.69, 9.17) is 9.97 Å². The molecule has 0 fully saturated rings. The summed E-state index contributed by atoms with van der Waals surface area (Å²) in [6, 6.07) is 25.0. The van der Waals surface area contributed by atoms with Gasteiger partial charge < -0.3 is 10.2 Å².